The lowest BCUT2D eigenvalue weighted by molar-refractivity contribution is 0.0636. The first-order chi connectivity index (χ1) is 10.1. The number of aromatic nitrogens is 1. The van der Waals surface area contributed by atoms with Gasteiger partial charge in [-0.25, -0.2) is 0 Å². The van der Waals surface area contributed by atoms with Crippen LogP contribution in [0.2, 0.25) is 0 Å². The predicted octanol–water partition coefficient (Wildman–Crippen LogP) is 2.07. The van der Waals surface area contributed by atoms with Crippen molar-refractivity contribution < 1.29 is 4.79 Å². The Labute approximate surface area is 127 Å². The molecule has 1 atom stereocenters. The molecule has 1 unspecified atom stereocenters. The maximum absolute atomic E-state index is 12.8. The smallest absolute Gasteiger partial charge is 0.256 e. The van der Waals surface area contributed by atoms with Crippen molar-refractivity contribution in [2.45, 2.75) is 32.2 Å². The second-order valence-electron chi connectivity index (χ2n) is 5.86. The van der Waals surface area contributed by atoms with Gasteiger partial charge < -0.3 is 15.1 Å². The average Bonchev–Trinajstić information content (AvgIpc) is 2.52. The number of hydrogen-bond acceptors (Lipinski definition) is 4. The molecular weight excluding hydrogens is 264 g/mol. The Morgan fingerprint density at radius 3 is 3.05 bits per heavy atom. The molecule has 5 nitrogen and oxygen atoms in total. The summed E-state index contributed by atoms with van der Waals surface area (Å²) in [7, 11) is 4.17. The van der Waals surface area contributed by atoms with Gasteiger partial charge in [-0.05, 0) is 39.4 Å². The van der Waals surface area contributed by atoms with Gasteiger partial charge in [-0.15, -0.1) is 0 Å². The van der Waals surface area contributed by atoms with E-state index in [1.807, 2.05) is 11.0 Å². The third kappa shape index (κ3) is 3.94. The fourth-order valence-electron chi connectivity index (χ4n) is 2.71. The molecule has 1 aliphatic rings. The van der Waals surface area contributed by atoms with Crippen molar-refractivity contribution in [3.63, 3.8) is 0 Å². The van der Waals surface area contributed by atoms with Crippen LogP contribution < -0.4 is 5.32 Å². The highest BCUT2D eigenvalue weighted by Gasteiger charge is 2.26. The molecule has 1 amide bonds. The van der Waals surface area contributed by atoms with Crippen molar-refractivity contribution in [1.82, 2.24) is 14.8 Å². The molecule has 116 valence electrons. The molecule has 0 aromatic carbocycles. The summed E-state index contributed by atoms with van der Waals surface area (Å²) < 4.78 is 0. The van der Waals surface area contributed by atoms with Crippen LogP contribution in [0.5, 0.6) is 0 Å². The minimum absolute atomic E-state index is 0.113. The fraction of sp³-hybridized carbons (Fsp3) is 0.625. The fourth-order valence-corrected chi connectivity index (χ4v) is 2.71. The van der Waals surface area contributed by atoms with Crippen LogP contribution in [-0.4, -0.2) is 60.5 Å². The molecule has 5 heteroatoms. The molecule has 2 heterocycles. The molecule has 1 N–H and O–H groups in total. The number of carbonyl (C=O) groups is 1. The van der Waals surface area contributed by atoms with Gasteiger partial charge >= 0.3 is 0 Å². The molecule has 0 saturated carbocycles. The number of pyridine rings is 1. The van der Waals surface area contributed by atoms with Gasteiger partial charge in [0.15, 0.2) is 0 Å². The molecule has 0 radical (unpaired) electrons. The Morgan fingerprint density at radius 1 is 1.52 bits per heavy atom. The summed E-state index contributed by atoms with van der Waals surface area (Å²) in [6.45, 7) is 4.61. The zero-order valence-electron chi connectivity index (χ0n) is 13.3. The van der Waals surface area contributed by atoms with Crippen LogP contribution in [0.3, 0.4) is 0 Å². The number of hydrogen-bond donors (Lipinski definition) is 1. The van der Waals surface area contributed by atoms with Crippen molar-refractivity contribution >= 4 is 11.6 Å². The van der Waals surface area contributed by atoms with E-state index in [1.165, 1.54) is 0 Å². The second kappa shape index (κ2) is 7.41. The van der Waals surface area contributed by atoms with Gasteiger partial charge in [0.05, 0.1) is 17.4 Å². The maximum Gasteiger partial charge on any atom is 0.256 e. The Bertz CT molecular complexity index is 475. The third-order valence-electron chi connectivity index (χ3n) is 4.03. The lowest BCUT2D eigenvalue weighted by Crippen LogP contribution is -2.47. The van der Waals surface area contributed by atoms with E-state index >= 15 is 0 Å². The van der Waals surface area contributed by atoms with Crippen LogP contribution in [-0.2, 0) is 0 Å². The van der Waals surface area contributed by atoms with E-state index < -0.39 is 0 Å². The van der Waals surface area contributed by atoms with Crippen molar-refractivity contribution in [1.29, 1.82) is 0 Å². The first-order valence-electron chi connectivity index (χ1n) is 7.77. The number of amides is 1. The Morgan fingerprint density at radius 2 is 2.33 bits per heavy atom. The molecule has 0 bridgehead atoms. The first kappa shape index (κ1) is 15.8. The van der Waals surface area contributed by atoms with Gasteiger partial charge in [-0.1, -0.05) is 6.92 Å². The number of nitrogens with one attached hydrogen (secondary N) is 1. The topological polar surface area (TPSA) is 48.5 Å². The number of carbonyl (C=O) groups excluding carboxylic acids is 1. The Kier molecular flexibility index (Phi) is 5.56. The van der Waals surface area contributed by atoms with Gasteiger partial charge in [-0.3, -0.25) is 9.78 Å². The van der Waals surface area contributed by atoms with E-state index in [9.17, 15) is 4.79 Å². The summed E-state index contributed by atoms with van der Waals surface area (Å²) in [5, 5.41) is 3.30. The SMILES string of the molecule is CCCNc1cnccc1C(=O)N1CCCC(N(C)C)C1. The molecule has 1 aliphatic heterocycles. The Balaban J connectivity index is 2.12. The molecule has 0 aliphatic carbocycles. The summed E-state index contributed by atoms with van der Waals surface area (Å²) in [6.07, 6.45) is 6.69. The highest BCUT2D eigenvalue weighted by molar-refractivity contribution is 5.99. The minimum Gasteiger partial charge on any atom is -0.383 e. The standard InChI is InChI=1S/C16H26N4O/c1-4-8-18-15-11-17-9-7-14(15)16(21)20-10-5-6-13(12-20)19(2)3/h7,9,11,13,18H,4-6,8,10,12H2,1-3H3. The molecule has 0 spiro atoms. The molecule has 1 saturated heterocycles. The summed E-state index contributed by atoms with van der Waals surface area (Å²) in [5.41, 5.74) is 1.58. The molecule has 2 rings (SSSR count). The van der Waals surface area contributed by atoms with Crippen molar-refractivity contribution in [2.75, 3.05) is 39.0 Å². The van der Waals surface area contributed by atoms with Crippen molar-refractivity contribution in [3.8, 4) is 0 Å². The van der Waals surface area contributed by atoms with Crippen LogP contribution >= 0.6 is 0 Å². The second-order valence-corrected chi connectivity index (χ2v) is 5.86. The molecule has 1 aromatic heterocycles. The van der Waals surface area contributed by atoms with E-state index in [4.69, 9.17) is 0 Å². The molecular formula is C16H26N4O. The van der Waals surface area contributed by atoms with Gasteiger partial charge in [-0.2, -0.15) is 0 Å². The van der Waals surface area contributed by atoms with Crippen LogP contribution in [0.25, 0.3) is 0 Å². The lowest BCUT2D eigenvalue weighted by atomic mass is 10.0. The molecule has 1 aromatic rings. The number of likely N-dealkylation sites (tertiary alicyclic amines) is 1. The zero-order chi connectivity index (χ0) is 15.2. The minimum atomic E-state index is 0.113. The van der Waals surface area contributed by atoms with Crippen LogP contribution in [0.1, 0.15) is 36.5 Å². The summed E-state index contributed by atoms with van der Waals surface area (Å²) in [5.74, 6) is 0.113. The Hall–Kier alpha value is -1.62. The van der Waals surface area contributed by atoms with E-state index in [0.29, 0.717) is 6.04 Å². The summed E-state index contributed by atoms with van der Waals surface area (Å²) in [6, 6.07) is 2.27. The first-order valence-corrected chi connectivity index (χ1v) is 7.77. The third-order valence-corrected chi connectivity index (χ3v) is 4.03. The van der Waals surface area contributed by atoms with Crippen LogP contribution in [0.15, 0.2) is 18.5 Å². The summed E-state index contributed by atoms with van der Waals surface area (Å²) in [4.78, 5) is 21.1. The molecule has 1 fully saturated rings. The largest absolute Gasteiger partial charge is 0.383 e. The van der Waals surface area contributed by atoms with Crippen LogP contribution in [0, 0.1) is 0 Å². The highest BCUT2D eigenvalue weighted by atomic mass is 16.2. The number of rotatable bonds is 5. The number of anilines is 1. The highest BCUT2D eigenvalue weighted by Crippen LogP contribution is 2.20. The van der Waals surface area contributed by atoms with Crippen LogP contribution in [0.4, 0.5) is 5.69 Å². The monoisotopic (exact) mass is 290 g/mol. The number of likely N-dealkylation sites (N-methyl/N-ethyl adjacent to an activating group) is 1. The van der Waals surface area contributed by atoms with Gasteiger partial charge in [0.2, 0.25) is 0 Å². The van der Waals surface area contributed by atoms with E-state index in [2.05, 4.69) is 36.2 Å². The van der Waals surface area contributed by atoms with E-state index in [1.54, 1.807) is 12.4 Å². The average molecular weight is 290 g/mol. The van der Waals surface area contributed by atoms with Gasteiger partial charge in [0, 0.05) is 31.9 Å². The van der Waals surface area contributed by atoms with Crippen molar-refractivity contribution in [2.24, 2.45) is 0 Å². The van der Waals surface area contributed by atoms with E-state index in [-0.39, 0.29) is 5.91 Å². The maximum atomic E-state index is 12.8. The zero-order valence-corrected chi connectivity index (χ0v) is 13.3. The predicted molar refractivity (Wildman–Crippen MR) is 85.6 cm³/mol. The van der Waals surface area contributed by atoms with Gasteiger partial charge in [0.1, 0.15) is 0 Å². The number of nitrogens with zero attached hydrogens (tertiary/aromatic N) is 3. The quantitative estimate of drug-likeness (QED) is 0.902. The summed E-state index contributed by atoms with van der Waals surface area (Å²) >= 11 is 0. The van der Waals surface area contributed by atoms with Gasteiger partial charge in [0.25, 0.3) is 5.91 Å². The normalized spacial score (nSPS) is 18.9. The number of piperidine rings is 1. The van der Waals surface area contributed by atoms with Crippen molar-refractivity contribution in [3.05, 3.63) is 24.0 Å². The molecule has 21 heavy (non-hydrogen) atoms. The lowest BCUT2D eigenvalue weighted by Gasteiger charge is -2.36. The van der Waals surface area contributed by atoms with E-state index in [0.717, 1.165) is 50.1 Å².